The van der Waals surface area contributed by atoms with Gasteiger partial charge in [-0.1, -0.05) is 13.0 Å². The van der Waals surface area contributed by atoms with Crippen LogP contribution in [0, 0.1) is 13.8 Å². The SMILES string of the molecule is CCCOc1ccc(Oc2ncccc2CNC(=NC)NCc2c(C)nn(C)c2C)cc1. The zero-order valence-electron chi connectivity index (χ0n) is 19.5. The van der Waals surface area contributed by atoms with E-state index < -0.39 is 0 Å². The summed E-state index contributed by atoms with van der Waals surface area (Å²) in [5.74, 6) is 2.78. The summed E-state index contributed by atoms with van der Waals surface area (Å²) >= 11 is 0. The molecule has 0 saturated carbocycles. The lowest BCUT2D eigenvalue weighted by atomic mass is 10.2. The molecule has 1 aromatic carbocycles. The lowest BCUT2D eigenvalue weighted by Crippen LogP contribution is -2.36. The van der Waals surface area contributed by atoms with Crippen molar-refractivity contribution in [3.8, 4) is 17.4 Å². The van der Waals surface area contributed by atoms with Crippen molar-refractivity contribution in [3.63, 3.8) is 0 Å². The third-order valence-electron chi connectivity index (χ3n) is 5.12. The van der Waals surface area contributed by atoms with Crippen molar-refractivity contribution in [2.75, 3.05) is 13.7 Å². The first-order chi connectivity index (χ1) is 15.5. The van der Waals surface area contributed by atoms with Gasteiger partial charge in [0.25, 0.3) is 0 Å². The van der Waals surface area contributed by atoms with Gasteiger partial charge in [-0.05, 0) is 50.6 Å². The second kappa shape index (κ2) is 11.2. The highest BCUT2D eigenvalue weighted by Crippen LogP contribution is 2.25. The van der Waals surface area contributed by atoms with Crippen molar-refractivity contribution < 1.29 is 9.47 Å². The van der Waals surface area contributed by atoms with Crippen LogP contribution in [-0.2, 0) is 20.1 Å². The lowest BCUT2D eigenvalue weighted by molar-refractivity contribution is 0.317. The zero-order valence-corrected chi connectivity index (χ0v) is 19.5. The Hall–Kier alpha value is -3.55. The molecule has 2 N–H and O–H groups in total. The number of aromatic nitrogens is 3. The molecule has 0 spiro atoms. The number of ether oxygens (including phenoxy) is 2. The van der Waals surface area contributed by atoms with Crippen molar-refractivity contribution >= 4 is 5.96 Å². The molecule has 32 heavy (non-hydrogen) atoms. The third-order valence-corrected chi connectivity index (χ3v) is 5.12. The Bertz CT molecular complexity index is 1040. The van der Waals surface area contributed by atoms with Gasteiger partial charge < -0.3 is 20.1 Å². The monoisotopic (exact) mass is 436 g/mol. The summed E-state index contributed by atoms with van der Waals surface area (Å²) in [5.41, 5.74) is 4.25. The summed E-state index contributed by atoms with van der Waals surface area (Å²) in [7, 11) is 3.70. The van der Waals surface area contributed by atoms with E-state index in [2.05, 4.69) is 39.6 Å². The zero-order chi connectivity index (χ0) is 22.9. The summed E-state index contributed by atoms with van der Waals surface area (Å²) < 4.78 is 13.5. The minimum absolute atomic E-state index is 0.519. The lowest BCUT2D eigenvalue weighted by Gasteiger charge is -2.14. The standard InChI is InChI=1S/C24H32N6O2/c1-6-14-31-20-9-11-21(12-10-20)32-23-19(8-7-13-26-23)15-27-24(25-4)28-16-22-17(2)29-30(5)18(22)3/h7-13H,6,14-16H2,1-5H3,(H2,25,27,28). The molecule has 8 nitrogen and oxygen atoms in total. The summed E-state index contributed by atoms with van der Waals surface area (Å²) in [6, 6.07) is 11.5. The van der Waals surface area contributed by atoms with Crippen molar-refractivity contribution in [2.24, 2.45) is 12.0 Å². The Morgan fingerprint density at radius 3 is 2.44 bits per heavy atom. The Labute approximate surface area is 189 Å². The van der Waals surface area contributed by atoms with Crippen LogP contribution in [0.3, 0.4) is 0 Å². The fourth-order valence-electron chi connectivity index (χ4n) is 3.23. The average molecular weight is 437 g/mol. The first kappa shape index (κ1) is 23.1. The number of benzene rings is 1. The molecule has 3 aromatic rings. The first-order valence-corrected chi connectivity index (χ1v) is 10.8. The number of pyridine rings is 1. The van der Waals surface area contributed by atoms with E-state index in [1.807, 2.05) is 55.1 Å². The summed E-state index contributed by atoms with van der Waals surface area (Å²) in [6.07, 6.45) is 2.69. The van der Waals surface area contributed by atoms with Crippen molar-refractivity contribution in [3.05, 3.63) is 65.1 Å². The molecule has 3 rings (SSSR count). The van der Waals surface area contributed by atoms with Gasteiger partial charge in [-0.2, -0.15) is 5.10 Å². The van der Waals surface area contributed by atoms with Gasteiger partial charge in [0, 0.05) is 50.2 Å². The fourth-order valence-corrected chi connectivity index (χ4v) is 3.23. The number of hydrogen-bond acceptors (Lipinski definition) is 5. The maximum absolute atomic E-state index is 6.02. The molecular weight excluding hydrogens is 404 g/mol. The van der Waals surface area contributed by atoms with E-state index in [1.54, 1.807) is 13.2 Å². The molecule has 170 valence electrons. The van der Waals surface area contributed by atoms with Gasteiger partial charge in [0.1, 0.15) is 11.5 Å². The molecule has 0 aliphatic heterocycles. The van der Waals surface area contributed by atoms with Crippen LogP contribution in [0.1, 0.15) is 35.9 Å². The minimum atomic E-state index is 0.519. The smallest absolute Gasteiger partial charge is 0.224 e. The number of aliphatic imine (C=N–C) groups is 1. The van der Waals surface area contributed by atoms with E-state index >= 15 is 0 Å². The molecule has 0 aliphatic carbocycles. The van der Waals surface area contributed by atoms with E-state index in [1.165, 1.54) is 5.56 Å². The summed E-state index contributed by atoms with van der Waals surface area (Å²) in [6.45, 7) is 8.03. The van der Waals surface area contributed by atoms with Gasteiger partial charge in [0.15, 0.2) is 5.96 Å². The van der Waals surface area contributed by atoms with Crippen LogP contribution >= 0.6 is 0 Å². The number of aryl methyl sites for hydroxylation is 2. The molecule has 0 fully saturated rings. The Balaban J connectivity index is 1.60. The third kappa shape index (κ3) is 6.00. The van der Waals surface area contributed by atoms with E-state index in [0.717, 1.165) is 29.1 Å². The van der Waals surface area contributed by atoms with Gasteiger partial charge in [-0.15, -0.1) is 0 Å². The maximum atomic E-state index is 6.02. The normalized spacial score (nSPS) is 11.3. The highest BCUT2D eigenvalue weighted by atomic mass is 16.5. The van der Waals surface area contributed by atoms with E-state index in [0.29, 0.717) is 37.3 Å². The van der Waals surface area contributed by atoms with Crippen LogP contribution in [0.5, 0.6) is 17.4 Å². The van der Waals surface area contributed by atoms with E-state index in [4.69, 9.17) is 9.47 Å². The van der Waals surface area contributed by atoms with Crippen molar-refractivity contribution in [1.29, 1.82) is 0 Å². The van der Waals surface area contributed by atoms with Crippen molar-refractivity contribution in [2.45, 2.75) is 40.3 Å². The maximum Gasteiger partial charge on any atom is 0.224 e. The predicted octanol–water partition coefficient (Wildman–Crippen LogP) is 3.88. The largest absolute Gasteiger partial charge is 0.494 e. The molecule has 0 unspecified atom stereocenters. The molecule has 0 amide bonds. The Morgan fingerprint density at radius 1 is 1.06 bits per heavy atom. The predicted molar refractivity (Wildman–Crippen MR) is 126 cm³/mol. The van der Waals surface area contributed by atoms with Crippen LogP contribution in [0.25, 0.3) is 0 Å². The van der Waals surface area contributed by atoms with Gasteiger partial charge in [-0.25, -0.2) is 4.98 Å². The molecule has 0 saturated heterocycles. The first-order valence-electron chi connectivity index (χ1n) is 10.8. The molecule has 0 bridgehead atoms. The molecule has 0 atom stereocenters. The molecule has 0 aliphatic rings. The Morgan fingerprint density at radius 2 is 1.78 bits per heavy atom. The highest BCUT2D eigenvalue weighted by molar-refractivity contribution is 5.79. The van der Waals surface area contributed by atoms with Gasteiger partial charge in [0.2, 0.25) is 5.88 Å². The molecular formula is C24H32N6O2. The van der Waals surface area contributed by atoms with Gasteiger partial charge >= 0.3 is 0 Å². The topological polar surface area (TPSA) is 85.6 Å². The van der Waals surface area contributed by atoms with Crippen LogP contribution < -0.4 is 20.1 Å². The number of nitrogens with zero attached hydrogens (tertiary/aromatic N) is 4. The summed E-state index contributed by atoms with van der Waals surface area (Å²) in [4.78, 5) is 8.73. The number of rotatable bonds is 9. The van der Waals surface area contributed by atoms with Crippen LogP contribution in [0.4, 0.5) is 0 Å². The summed E-state index contributed by atoms with van der Waals surface area (Å²) in [5, 5.41) is 11.1. The van der Waals surface area contributed by atoms with Crippen LogP contribution in [0.2, 0.25) is 0 Å². The molecule has 2 heterocycles. The second-order valence-electron chi connectivity index (χ2n) is 7.44. The molecule has 8 heteroatoms. The van der Waals surface area contributed by atoms with Crippen LogP contribution in [-0.4, -0.2) is 34.4 Å². The quantitative estimate of drug-likeness (QED) is 0.391. The Kier molecular flexibility index (Phi) is 8.08. The average Bonchev–Trinajstić information content (AvgIpc) is 3.05. The molecule has 0 radical (unpaired) electrons. The van der Waals surface area contributed by atoms with Crippen LogP contribution in [0.15, 0.2) is 47.6 Å². The fraction of sp³-hybridized carbons (Fsp3) is 0.375. The van der Waals surface area contributed by atoms with E-state index in [-0.39, 0.29) is 0 Å². The van der Waals surface area contributed by atoms with Gasteiger partial charge in [0.05, 0.1) is 12.3 Å². The second-order valence-corrected chi connectivity index (χ2v) is 7.44. The van der Waals surface area contributed by atoms with E-state index in [9.17, 15) is 0 Å². The number of nitrogens with one attached hydrogen (secondary N) is 2. The minimum Gasteiger partial charge on any atom is -0.494 e. The highest BCUT2D eigenvalue weighted by Gasteiger charge is 2.11. The van der Waals surface area contributed by atoms with Gasteiger partial charge in [-0.3, -0.25) is 9.67 Å². The number of guanidine groups is 1. The molecule has 2 aromatic heterocycles. The van der Waals surface area contributed by atoms with Crippen molar-refractivity contribution in [1.82, 2.24) is 25.4 Å². The number of hydrogen-bond donors (Lipinski definition) is 2.